The summed E-state index contributed by atoms with van der Waals surface area (Å²) in [7, 11) is 0. The van der Waals surface area contributed by atoms with Crippen molar-refractivity contribution in [1.29, 1.82) is 0 Å². The van der Waals surface area contributed by atoms with Crippen molar-refractivity contribution in [1.82, 2.24) is 24.7 Å². The third kappa shape index (κ3) is 4.70. The molecular formula is C30H37N7O3. The van der Waals surface area contributed by atoms with Crippen molar-refractivity contribution < 1.29 is 9.59 Å². The van der Waals surface area contributed by atoms with Crippen LogP contribution in [0.25, 0.3) is 16.7 Å². The van der Waals surface area contributed by atoms with Gasteiger partial charge in [0, 0.05) is 59.3 Å². The molecule has 0 saturated carbocycles. The van der Waals surface area contributed by atoms with Gasteiger partial charge in [-0.2, -0.15) is 0 Å². The first-order valence-corrected chi connectivity index (χ1v) is 14.4. The van der Waals surface area contributed by atoms with Gasteiger partial charge in [0.1, 0.15) is 17.2 Å². The molecule has 0 bridgehead atoms. The Kier molecular flexibility index (Phi) is 7.18. The van der Waals surface area contributed by atoms with Gasteiger partial charge in [0.25, 0.3) is 5.91 Å². The van der Waals surface area contributed by atoms with Crippen LogP contribution in [0.2, 0.25) is 0 Å². The lowest BCUT2D eigenvalue weighted by Gasteiger charge is -2.36. The zero-order valence-electron chi connectivity index (χ0n) is 23.4. The summed E-state index contributed by atoms with van der Waals surface area (Å²) >= 11 is 0. The fourth-order valence-corrected chi connectivity index (χ4v) is 6.22. The second kappa shape index (κ2) is 10.9. The van der Waals surface area contributed by atoms with Crippen molar-refractivity contribution in [3.63, 3.8) is 0 Å². The number of hydrogen-bond donors (Lipinski definition) is 1. The van der Waals surface area contributed by atoms with Crippen LogP contribution in [0.15, 0.2) is 41.2 Å². The molecule has 210 valence electrons. The molecule has 2 fully saturated rings. The first-order chi connectivity index (χ1) is 19.5. The molecule has 3 aliphatic rings. The largest absolute Gasteiger partial charge is 0.353 e. The molecule has 0 atom stereocenters. The highest BCUT2D eigenvalue weighted by atomic mass is 16.2. The van der Waals surface area contributed by atoms with E-state index in [0.717, 1.165) is 36.7 Å². The maximum absolute atomic E-state index is 14.0. The molecule has 3 aliphatic heterocycles. The quantitative estimate of drug-likeness (QED) is 0.510. The number of carbonyl (C=O) groups excluding carboxylic acids is 2. The molecule has 1 aromatic carbocycles. The zero-order chi connectivity index (χ0) is 27.8. The van der Waals surface area contributed by atoms with Crippen molar-refractivity contribution in [2.45, 2.75) is 33.2 Å². The van der Waals surface area contributed by atoms with Gasteiger partial charge in [0.05, 0.1) is 11.1 Å². The van der Waals surface area contributed by atoms with Gasteiger partial charge in [-0.15, -0.1) is 0 Å². The van der Waals surface area contributed by atoms with Gasteiger partial charge in [0.2, 0.25) is 11.3 Å². The highest BCUT2D eigenvalue weighted by molar-refractivity contribution is 6.03. The average molecular weight is 544 g/mol. The molecule has 0 spiro atoms. The van der Waals surface area contributed by atoms with E-state index in [1.807, 2.05) is 40.7 Å². The number of anilines is 2. The summed E-state index contributed by atoms with van der Waals surface area (Å²) in [6.07, 6.45) is 2.39. The molecule has 0 aliphatic carbocycles. The highest BCUT2D eigenvalue weighted by Gasteiger charge is 2.32. The van der Waals surface area contributed by atoms with E-state index in [-0.39, 0.29) is 22.8 Å². The van der Waals surface area contributed by atoms with Crippen LogP contribution in [0.5, 0.6) is 0 Å². The fourth-order valence-electron chi connectivity index (χ4n) is 6.22. The minimum absolute atomic E-state index is 0.0780. The third-order valence-electron chi connectivity index (χ3n) is 8.44. The molecule has 10 nitrogen and oxygen atoms in total. The number of piperazine rings is 1. The van der Waals surface area contributed by atoms with Crippen LogP contribution in [-0.2, 0) is 11.3 Å². The van der Waals surface area contributed by atoms with E-state index >= 15 is 0 Å². The van der Waals surface area contributed by atoms with Crippen molar-refractivity contribution in [3.05, 3.63) is 57.7 Å². The number of carbonyl (C=O) groups is 2. The Labute approximate surface area is 234 Å². The van der Waals surface area contributed by atoms with E-state index in [9.17, 15) is 14.4 Å². The van der Waals surface area contributed by atoms with Crippen molar-refractivity contribution in [3.8, 4) is 5.69 Å². The van der Waals surface area contributed by atoms with Gasteiger partial charge >= 0.3 is 0 Å². The summed E-state index contributed by atoms with van der Waals surface area (Å²) in [6.45, 7) is 10.9. The number of fused-ring (bicyclic) bond motifs is 5. The van der Waals surface area contributed by atoms with Crippen LogP contribution in [0.3, 0.4) is 0 Å². The molecule has 2 aromatic heterocycles. The third-order valence-corrected chi connectivity index (χ3v) is 8.44. The van der Waals surface area contributed by atoms with Gasteiger partial charge in [-0.25, -0.2) is 4.98 Å². The average Bonchev–Trinajstić information content (AvgIpc) is 3.50. The number of benzene rings is 1. The van der Waals surface area contributed by atoms with Crippen LogP contribution in [0.1, 0.15) is 42.6 Å². The Morgan fingerprint density at radius 1 is 0.975 bits per heavy atom. The van der Waals surface area contributed by atoms with Crippen LogP contribution in [0.4, 0.5) is 11.6 Å². The molecule has 0 unspecified atom stereocenters. The van der Waals surface area contributed by atoms with Crippen LogP contribution < -0.4 is 20.5 Å². The summed E-state index contributed by atoms with van der Waals surface area (Å²) in [5.41, 5.74) is 2.48. The lowest BCUT2D eigenvalue weighted by molar-refractivity contribution is -0.129. The second-order valence-electron chi connectivity index (χ2n) is 10.8. The minimum Gasteiger partial charge on any atom is -0.353 e. The first-order valence-electron chi connectivity index (χ1n) is 14.4. The van der Waals surface area contributed by atoms with Gasteiger partial charge < -0.3 is 24.9 Å². The van der Waals surface area contributed by atoms with E-state index in [1.165, 1.54) is 12.8 Å². The standard InChI is InChI=1S/C30H37N7O3/c1-3-34-20-22-8-4-5-9-24(22)37-28-23(10-11-25(32-28)36-18-16-35(17-19-36)21(2)38)27(39)26(30(34)37)29(40)31-12-15-33-13-6-7-14-33/h4-5,8-11H,3,6-7,12-20H2,1-2H3,(H,31,40). The Balaban J connectivity index is 1.45. The number of hydrogen-bond acceptors (Lipinski definition) is 7. The number of nitrogens with one attached hydrogen (secondary N) is 1. The molecule has 2 amide bonds. The lowest BCUT2D eigenvalue weighted by Crippen LogP contribution is -2.48. The summed E-state index contributed by atoms with van der Waals surface area (Å²) < 4.78 is 2.00. The Hall–Kier alpha value is -3.92. The van der Waals surface area contributed by atoms with Crippen molar-refractivity contribution in [2.75, 3.05) is 68.7 Å². The molecule has 2 saturated heterocycles. The Bertz CT molecular complexity index is 1500. The topological polar surface area (TPSA) is 94.0 Å². The van der Waals surface area contributed by atoms with Crippen molar-refractivity contribution >= 4 is 34.5 Å². The van der Waals surface area contributed by atoms with Gasteiger partial charge in [0.15, 0.2) is 5.65 Å². The number of para-hydroxylation sites is 1. The van der Waals surface area contributed by atoms with E-state index < -0.39 is 0 Å². The van der Waals surface area contributed by atoms with Crippen LogP contribution in [-0.4, -0.2) is 90.1 Å². The number of likely N-dealkylation sites (tertiary alicyclic amines) is 1. The smallest absolute Gasteiger partial charge is 0.259 e. The fraction of sp³-hybridized carbons (Fsp3) is 0.467. The second-order valence-corrected chi connectivity index (χ2v) is 10.8. The van der Waals surface area contributed by atoms with Crippen LogP contribution in [0, 0.1) is 0 Å². The molecule has 1 N–H and O–H groups in total. The predicted molar refractivity (Wildman–Crippen MR) is 157 cm³/mol. The number of nitrogens with zero attached hydrogens (tertiary/aromatic N) is 6. The Morgan fingerprint density at radius 3 is 2.45 bits per heavy atom. The molecule has 3 aromatic rings. The molecular weight excluding hydrogens is 506 g/mol. The summed E-state index contributed by atoms with van der Waals surface area (Å²) in [6, 6.07) is 11.8. The highest BCUT2D eigenvalue weighted by Crippen LogP contribution is 2.35. The summed E-state index contributed by atoms with van der Waals surface area (Å²) in [5, 5.41) is 3.47. The SMILES string of the molecule is CCN1Cc2ccccc2-n2c1c(C(=O)NCCN1CCCC1)c(=O)c1ccc(N3CCN(C(C)=O)CC3)nc12. The van der Waals surface area contributed by atoms with Gasteiger partial charge in [-0.3, -0.25) is 19.0 Å². The Morgan fingerprint density at radius 2 is 1.73 bits per heavy atom. The maximum atomic E-state index is 14.0. The number of aromatic nitrogens is 2. The first kappa shape index (κ1) is 26.3. The van der Waals surface area contributed by atoms with Gasteiger partial charge in [-0.05, 0) is 56.6 Å². The lowest BCUT2D eigenvalue weighted by atomic mass is 10.0. The van der Waals surface area contributed by atoms with E-state index in [2.05, 4.69) is 26.1 Å². The molecule has 0 radical (unpaired) electrons. The molecule has 40 heavy (non-hydrogen) atoms. The van der Waals surface area contributed by atoms with E-state index in [4.69, 9.17) is 4.98 Å². The van der Waals surface area contributed by atoms with Gasteiger partial charge in [-0.1, -0.05) is 18.2 Å². The van der Waals surface area contributed by atoms with Crippen molar-refractivity contribution in [2.24, 2.45) is 0 Å². The number of pyridine rings is 2. The van der Waals surface area contributed by atoms with E-state index in [0.29, 0.717) is 62.7 Å². The van der Waals surface area contributed by atoms with Crippen LogP contribution >= 0.6 is 0 Å². The predicted octanol–water partition coefficient (Wildman–Crippen LogP) is 2.22. The normalized spacial score (nSPS) is 17.2. The zero-order valence-corrected chi connectivity index (χ0v) is 23.4. The monoisotopic (exact) mass is 543 g/mol. The summed E-state index contributed by atoms with van der Waals surface area (Å²) in [5.74, 6) is 1.11. The summed E-state index contributed by atoms with van der Waals surface area (Å²) in [4.78, 5) is 53.0. The maximum Gasteiger partial charge on any atom is 0.259 e. The molecule has 6 rings (SSSR count). The number of rotatable bonds is 6. The minimum atomic E-state index is -0.336. The van der Waals surface area contributed by atoms with E-state index in [1.54, 1.807) is 13.0 Å². The number of amides is 2. The molecule has 10 heteroatoms. The molecule has 5 heterocycles.